The van der Waals surface area contributed by atoms with Gasteiger partial charge in [-0.2, -0.15) is 0 Å². The Bertz CT molecular complexity index is 1730. The van der Waals surface area contributed by atoms with Gasteiger partial charge in [0, 0.05) is 17.4 Å². The van der Waals surface area contributed by atoms with E-state index in [9.17, 15) is 9.59 Å². The third-order valence-corrected chi connectivity index (χ3v) is 7.03. The molecule has 1 atom stereocenters. The quantitative estimate of drug-likeness (QED) is 0.229. The van der Waals surface area contributed by atoms with E-state index in [-0.39, 0.29) is 29.6 Å². The van der Waals surface area contributed by atoms with Gasteiger partial charge in [-0.25, -0.2) is 18.0 Å². The molecule has 0 aliphatic carbocycles. The molecule has 9 nitrogen and oxygen atoms in total. The molecule has 0 bridgehead atoms. The molecular formula is C34H35F3N4O5. The van der Waals surface area contributed by atoms with E-state index in [4.69, 9.17) is 13.9 Å². The van der Waals surface area contributed by atoms with Gasteiger partial charge in [-0.1, -0.05) is 51.1 Å². The number of fused-ring (bicyclic) bond motifs is 1. The number of ether oxygens (including phenoxy) is 2. The fourth-order valence-electron chi connectivity index (χ4n) is 4.83. The Labute approximate surface area is 264 Å². The lowest BCUT2D eigenvalue weighted by Gasteiger charge is -2.27. The molecule has 5 rings (SSSR count). The highest BCUT2D eigenvalue weighted by atomic mass is 19.3. The monoisotopic (exact) mass is 636 g/mol. The lowest BCUT2D eigenvalue weighted by molar-refractivity contribution is -0.123. The molecule has 1 aliphatic heterocycles. The van der Waals surface area contributed by atoms with Gasteiger partial charge in [0.2, 0.25) is 11.8 Å². The highest BCUT2D eigenvalue weighted by molar-refractivity contribution is 6.00. The van der Waals surface area contributed by atoms with Crippen LogP contribution in [0.15, 0.2) is 71.1 Å². The number of carbonyl (C=O) groups excluding carboxylic acids is 2. The van der Waals surface area contributed by atoms with Gasteiger partial charge in [0.25, 0.3) is 11.8 Å². The Morgan fingerprint density at radius 1 is 1.00 bits per heavy atom. The van der Waals surface area contributed by atoms with Crippen LogP contribution in [-0.2, 0) is 27.4 Å². The lowest BCUT2D eigenvalue weighted by atomic mass is 9.97. The van der Waals surface area contributed by atoms with Crippen LogP contribution in [0.25, 0.3) is 11.5 Å². The number of hydrogen-bond acceptors (Lipinski definition) is 7. The molecule has 1 aromatic heterocycles. The third kappa shape index (κ3) is 7.32. The van der Waals surface area contributed by atoms with Crippen molar-refractivity contribution in [1.82, 2.24) is 15.5 Å². The van der Waals surface area contributed by atoms with Crippen LogP contribution < -0.4 is 15.0 Å². The minimum absolute atomic E-state index is 0.192. The second-order valence-corrected chi connectivity index (χ2v) is 13.1. The third-order valence-electron chi connectivity index (χ3n) is 7.03. The summed E-state index contributed by atoms with van der Waals surface area (Å²) in [5.74, 6) is -4.47. The highest BCUT2D eigenvalue weighted by Gasteiger charge is 2.47. The molecule has 12 heteroatoms. The number of anilines is 1. The molecule has 0 fully saturated rings. The summed E-state index contributed by atoms with van der Waals surface area (Å²) < 4.78 is 64.2. The zero-order valence-electron chi connectivity index (χ0n) is 26.4. The number of benzene rings is 3. The number of aromatic nitrogens is 2. The fraction of sp³-hybridized carbons (Fsp3) is 0.353. The van der Waals surface area contributed by atoms with Gasteiger partial charge < -0.3 is 24.1 Å². The van der Waals surface area contributed by atoms with Crippen LogP contribution in [0.4, 0.5) is 23.7 Å². The molecule has 1 N–H and O–H groups in total. The second kappa shape index (κ2) is 12.1. The zero-order chi connectivity index (χ0) is 33.4. The molecule has 0 spiro atoms. The fourth-order valence-corrected chi connectivity index (χ4v) is 4.83. The van der Waals surface area contributed by atoms with Crippen molar-refractivity contribution in [3.8, 4) is 23.0 Å². The molecule has 2 amide bonds. The van der Waals surface area contributed by atoms with Crippen LogP contribution in [0.2, 0.25) is 0 Å². The molecule has 1 aliphatic rings. The Morgan fingerprint density at radius 2 is 1.65 bits per heavy atom. The maximum atomic E-state index is 15.9. The van der Waals surface area contributed by atoms with Gasteiger partial charge in [0.15, 0.2) is 0 Å². The van der Waals surface area contributed by atoms with Crippen molar-refractivity contribution in [3.63, 3.8) is 0 Å². The average Bonchev–Trinajstić information content (AvgIpc) is 3.44. The summed E-state index contributed by atoms with van der Waals surface area (Å²) in [5.41, 5.74) is -2.18. The van der Waals surface area contributed by atoms with E-state index in [0.29, 0.717) is 23.1 Å². The molecule has 4 aromatic rings. The van der Waals surface area contributed by atoms with E-state index >= 15 is 13.2 Å². The van der Waals surface area contributed by atoms with Crippen molar-refractivity contribution in [2.45, 2.75) is 77.5 Å². The number of alkyl carbamates (subject to hydrolysis) is 1. The van der Waals surface area contributed by atoms with Gasteiger partial charge in [0.05, 0.1) is 17.8 Å². The molecule has 242 valence electrons. The first-order valence-electron chi connectivity index (χ1n) is 14.7. The standard InChI is InChI=1S/C34H35F3N4O5/c1-32(2,3)30-40-39-28(45-30)23-16-27-24(17-25(23)35)34(36,37)18-26(38-31(43)46-33(4,5)6)29(42)41(27)19-20-12-14-22(15-13-20)44-21-10-8-7-9-11-21/h7-17,26H,18-19H2,1-6H3,(H,38,43). The summed E-state index contributed by atoms with van der Waals surface area (Å²) in [4.78, 5) is 27.8. The van der Waals surface area contributed by atoms with Crippen molar-refractivity contribution in [2.75, 3.05) is 4.90 Å². The summed E-state index contributed by atoms with van der Waals surface area (Å²) in [7, 11) is 0. The zero-order valence-corrected chi connectivity index (χ0v) is 26.4. The molecule has 0 radical (unpaired) electrons. The summed E-state index contributed by atoms with van der Waals surface area (Å²) in [6, 6.07) is 15.9. The van der Waals surface area contributed by atoms with Crippen molar-refractivity contribution in [3.05, 3.63) is 89.6 Å². The topological polar surface area (TPSA) is 107 Å². The second-order valence-electron chi connectivity index (χ2n) is 13.1. The minimum atomic E-state index is -3.72. The van der Waals surface area contributed by atoms with Crippen molar-refractivity contribution >= 4 is 17.7 Å². The first-order valence-corrected chi connectivity index (χ1v) is 14.7. The minimum Gasteiger partial charge on any atom is -0.457 e. The van der Waals surface area contributed by atoms with E-state index in [1.54, 1.807) is 57.2 Å². The molecule has 46 heavy (non-hydrogen) atoms. The number of nitrogens with zero attached hydrogens (tertiary/aromatic N) is 3. The number of alkyl halides is 2. The maximum Gasteiger partial charge on any atom is 0.408 e. The Morgan fingerprint density at radius 3 is 2.26 bits per heavy atom. The Hall–Kier alpha value is -4.87. The number of para-hydroxylation sites is 1. The number of nitrogens with one attached hydrogen (secondary N) is 1. The van der Waals surface area contributed by atoms with E-state index in [1.165, 1.54) is 0 Å². The van der Waals surface area contributed by atoms with Crippen molar-refractivity contribution in [1.29, 1.82) is 0 Å². The maximum absolute atomic E-state index is 15.9. The molecule has 0 saturated carbocycles. The van der Waals surface area contributed by atoms with Gasteiger partial charge >= 0.3 is 6.09 Å². The van der Waals surface area contributed by atoms with E-state index < -0.39 is 52.8 Å². The van der Waals surface area contributed by atoms with E-state index in [1.807, 2.05) is 39.0 Å². The predicted octanol–water partition coefficient (Wildman–Crippen LogP) is 7.89. The van der Waals surface area contributed by atoms with Crippen LogP contribution in [0.5, 0.6) is 11.5 Å². The van der Waals surface area contributed by atoms with Crippen molar-refractivity contribution in [2.24, 2.45) is 0 Å². The predicted molar refractivity (Wildman–Crippen MR) is 164 cm³/mol. The van der Waals surface area contributed by atoms with Crippen LogP contribution in [0.1, 0.15) is 65.0 Å². The first-order chi connectivity index (χ1) is 21.5. The van der Waals surface area contributed by atoms with Crippen LogP contribution >= 0.6 is 0 Å². The van der Waals surface area contributed by atoms with Gasteiger partial charge in [-0.05, 0) is 62.7 Å². The van der Waals surface area contributed by atoms with E-state index in [0.717, 1.165) is 11.0 Å². The number of amides is 2. The number of halogens is 3. The van der Waals surface area contributed by atoms with Crippen LogP contribution in [-0.4, -0.2) is 33.8 Å². The summed E-state index contributed by atoms with van der Waals surface area (Å²) in [6.07, 6.45) is -2.16. The Kier molecular flexibility index (Phi) is 8.59. The summed E-state index contributed by atoms with van der Waals surface area (Å²) in [6.45, 7) is 10.1. The number of hydrogen-bond donors (Lipinski definition) is 1. The first kappa shape index (κ1) is 32.5. The molecule has 1 unspecified atom stereocenters. The normalized spacial score (nSPS) is 16.4. The largest absolute Gasteiger partial charge is 0.457 e. The lowest BCUT2D eigenvalue weighted by Crippen LogP contribution is -2.49. The smallest absolute Gasteiger partial charge is 0.408 e. The Balaban J connectivity index is 1.56. The SMILES string of the molecule is CC(C)(C)OC(=O)NC1CC(F)(F)c2cc(F)c(-c3nnc(C(C)(C)C)o3)cc2N(Cc2ccc(Oc3ccccc3)cc2)C1=O. The summed E-state index contributed by atoms with van der Waals surface area (Å²) >= 11 is 0. The number of carbonyl (C=O) groups is 2. The average molecular weight is 637 g/mol. The van der Waals surface area contributed by atoms with Crippen molar-refractivity contribution < 1.29 is 36.7 Å². The highest BCUT2D eigenvalue weighted by Crippen LogP contribution is 2.45. The van der Waals surface area contributed by atoms with Gasteiger partial charge in [0.1, 0.15) is 29.0 Å². The summed E-state index contributed by atoms with van der Waals surface area (Å²) in [5, 5.41) is 10.2. The van der Waals surface area contributed by atoms with Crippen LogP contribution in [0.3, 0.4) is 0 Å². The molecule has 0 saturated heterocycles. The van der Waals surface area contributed by atoms with E-state index in [2.05, 4.69) is 15.5 Å². The molecule has 2 heterocycles. The molecular weight excluding hydrogens is 601 g/mol. The van der Waals surface area contributed by atoms with Gasteiger partial charge in [-0.3, -0.25) is 4.79 Å². The number of rotatable bonds is 6. The van der Waals surface area contributed by atoms with Crippen LogP contribution in [0, 0.1) is 5.82 Å². The van der Waals surface area contributed by atoms with Gasteiger partial charge in [-0.15, -0.1) is 10.2 Å². The molecule has 3 aromatic carbocycles.